The van der Waals surface area contributed by atoms with Crippen LogP contribution in [-0.4, -0.2) is 29.3 Å². The molecule has 0 unspecified atom stereocenters. The lowest BCUT2D eigenvalue weighted by Gasteiger charge is -2.09. The first kappa shape index (κ1) is 15.1. The number of benzene rings is 2. The van der Waals surface area contributed by atoms with Crippen LogP contribution in [0.2, 0.25) is 0 Å². The third kappa shape index (κ3) is 2.57. The Morgan fingerprint density at radius 2 is 1.64 bits per heavy atom. The summed E-state index contributed by atoms with van der Waals surface area (Å²) in [5, 5.41) is 5.07. The van der Waals surface area contributed by atoms with E-state index in [-0.39, 0.29) is 0 Å². The maximum atomic E-state index is 5.51. The van der Waals surface area contributed by atoms with Gasteiger partial charge in [0.25, 0.3) is 5.89 Å². The topological polar surface area (TPSA) is 70.3 Å². The van der Waals surface area contributed by atoms with Gasteiger partial charge in [-0.3, -0.25) is 4.98 Å². The molecule has 4 rings (SSSR count). The van der Waals surface area contributed by atoms with E-state index >= 15 is 0 Å². The van der Waals surface area contributed by atoms with E-state index in [9.17, 15) is 0 Å². The van der Waals surface area contributed by atoms with Crippen LogP contribution in [0, 0.1) is 0 Å². The first-order valence-electron chi connectivity index (χ1n) is 7.71. The van der Waals surface area contributed by atoms with Gasteiger partial charge in [0, 0.05) is 17.1 Å². The van der Waals surface area contributed by atoms with Gasteiger partial charge < -0.3 is 14.0 Å². The molecule has 124 valence electrons. The number of nitrogens with zero attached hydrogens (tertiary/aromatic N) is 3. The normalized spacial score (nSPS) is 10.8. The summed E-state index contributed by atoms with van der Waals surface area (Å²) in [6, 6.07) is 15.2. The average Bonchev–Trinajstić information content (AvgIpc) is 3.16. The summed E-state index contributed by atoms with van der Waals surface area (Å²) in [4.78, 5) is 8.91. The molecule has 2 aromatic heterocycles. The van der Waals surface area contributed by atoms with E-state index < -0.39 is 0 Å². The Labute approximate surface area is 144 Å². The summed E-state index contributed by atoms with van der Waals surface area (Å²) in [5.41, 5.74) is 2.36. The van der Waals surface area contributed by atoms with Crippen molar-refractivity contribution in [3.63, 3.8) is 0 Å². The quantitative estimate of drug-likeness (QED) is 0.563. The molecule has 0 aliphatic rings. The fraction of sp³-hybridized carbons (Fsp3) is 0.105. The van der Waals surface area contributed by atoms with Crippen LogP contribution in [0.5, 0.6) is 11.5 Å². The molecule has 0 bridgehead atoms. The number of fused-ring (bicyclic) bond motifs is 1. The molecule has 0 saturated carbocycles. The van der Waals surface area contributed by atoms with Crippen molar-refractivity contribution in [2.45, 2.75) is 0 Å². The van der Waals surface area contributed by atoms with Crippen molar-refractivity contribution in [3.8, 4) is 34.3 Å². The van der Waals surface area contributed by atoms with E-state index in [1.165, 1.54) is 0 Å². The van der Waals surface area contributed by atoms with Crippen LogP contribution in [0.4, 0.5) is 0 Å². The second-order valence-electron chi connectivity index (χ2n) is 5.34. The molecule has 4 aromatic rings. The molecular formula is C19H15N3O3. The van der Waals surface area contributed by atoms with E-state index in [4.69, 9.17) is 14.0 Å². The fourth-order valence-corrected chi connectivity index (χ4v) is 2.80. The summed E-state index contributed by atoms with van der Waals surface area (Å²) in [6.07, 6.45) is 1.76. The van der Waals surface area contributed by atoms with Gasteiger partial charge in [-0.1, -0.05) is 23.4 Å². The van der Waals surface area contributed by atoms with Gasteiger partial charge in [0.1, 0.15) is 17.1 Å². The predicted molar refractivity (Wildman–Crippen MR) is 93.6 cm³/mol. The van der Waals surface area contributed by atoms with E-state index in [1.807, 2.05) is 48.5 Å². The highest BCUT2D eigenvalue weighted by atomic mass is 16.5. The van der Waals surface area contributed by atoms with Gasteiger partial charge in [0.2, 0.25) is 5.82 Å². The Hall–Kier alpha value is -3.41. The van der Waals surface area contributed by atoms with Crippen LogP contribution in [-0.2, 0) is 0 Å². The monoisotopic (exact) mass is 333 g/mol. The van der Waals surface area contributed by atoms with Crippen molar-refractivity contribution in [1.82, 2.24) is 15.1 Å². The molecule has 2 aromatic carbocycles. The molecule has 25 heavy (non-hydrogen) atoms. The zero-order chi connectivity index (χ0) is 17.2. The van der Waals surface area contributed by atoms with Crippen molar-refractivity contribution in [1.29, 1.82) is 0 Å². The smallest absolute Gasteiger partial charge is 0.258 e. The van der Waals surface area contributed by atoms with Gasteiger partial charge in [-0.25, -0.2) is 0 Å². The maximum absolute atomic E-state index is 5.51. The lowest BCUT2D eigenvalue weighted by atomic mass is 10.1. The molecule has 6 nitrogen and oxygen atoms in total. The molecular weight excluding hydrogens is 318 g/mol. The molecule has 0 N–H and O–H groups in total. The second kappa shape index (κ2) is 6.24. The molecule has 0 aliphatic carbocycles. The average molecular weight is 333 g/mol. The number of ether oxygens (including phenoxy) is 2. The molecule has 2 heterocycles. The minimum Gasteiger partial charge on any atom is -0.496 e. The number of aromatic nitrogens is 3. The minimum absolute atomic E-state index is 0.408. The van der Waals surface area contributed by atoms with Crippen LogP contribution in [0.3, 0.4) is 0 Å². The van der Waals surface area contributed by atoms with Crippen molar-refractivity contribution >= 4 is 10.9 Å². The standard InChI is InChI=1S/C19H15N3O3/c1-23-15-9-4-10-16(24-2)17(15)18-21-19(25-22-18)13-6-3-8-14-12(13)7-5-11-20-14/h3-11H,1-2H3. The fourth-order valence-electron chi connectivity index (χ4n) is 2.80. The molecule has 0 radical (unpaired) electrons. The number of hydrogen-bond donors (Lipinski definition) is 0. The van der Waals surface area contributed by atoms with Gasteiger partial charge in [0.15, 0.2) is 0 Å². The highest BCUT2D eigenvalue weighted by molar-refractivity contribution is 5.92. The van der Waals surface area contributed by atoms with Crippen LogP contribution >= 0.6 is 0 Å². The Morgan fingerprint density at radius 1 is 0.880 bits per heavy atom. The Morgan fingerprint density at radius 3 is 2.40 bits per heavy atom. The van der Waals surface area contributed by atoms with E-state index in [2.05, 4.69) is 15.1 Å². The Balaban J connectivity index is 1.87. The third-order valence-corrected chi connectivity index (χ3v) is 3.95. The predicted octanol–water partition coefficient (Wildman–Crippen LogP) is 3.97. The molecule has 0 amide bonds. The largest absolute Gasteiger partial charge is 0.496 e. The highest BCUT2D eigenvalue weighted by Crippen LogP contribution is 2.37. The number of pyridine rings is 1. The highest BCUT2D eigenvalue weighted by Gasteiger charge is 2.19. The molecule has 0 spiro atoms. The SMILES string of the molecule is COc1cccc(OC)c1-c1noc(-c2cccc3ncccc23)n1. The number of hydrogen-bond acceptors (Lipinski definition) is 6. The molecule has 0 atom stereocenters. The molecule has 0 aliphatic heterocycles. The molecule has 0 saturated heterocycles. The Kier molecular flexibility index (Phi) is 3.78. The lowest BCUT2D eigenvalue weighted by molar-refractivity contribution is 0.394. The van der Waals surface area contributed by atoms with Crippen molar-refractivity contribution < 1.29 is 14.0 Å². The van der Waals surface area contributed by atoms with E-state index in [0.717, 1.165) is 16.5 Å². The molecule has 0 fully saturated rings. The number of rotatable bonds is 4. The van der Waals surface area contributed by atoms with Crippen LogP contribution in [0.1, 0.15) is 0 Å². The lowest BCUT2D eigenvalue weighted by Crippen LogP contribution is -1.94. The summed E-state index contributed by atoms with van der Waals surface area (Å²) in [5.74, 6) is 2.06. The van der Waals surface area contributed by atoms with Gasteiger partial charge in [0.05, 0.1) is 19.7 Å². The molecule has 6 heteroatoms. The zero-order valence-corrected chi connectivity index (χ0v) is 13.8. The minimum atomic E-state index is 0.408. The first-order chi connectivity index (χ1) is 12.3. The van der Waals surface area contributed by atoms with Crippen LogP contribution in [0.25, 0.3) is 33.7 Å². The van der Waals surface area contributed by atoms with Gasteiger partial charge in [-0.05, 0) is 30.3 Å². The second-order valence-corrected chi connectivity index (χ2v) is 5.34. The van der Waals surface area contributed by atoms with Gasteiger partial charge >= 0.3 is 0 Å². The maximum Gasteiger partial charge on any atom is 0.258 e. The summed E-state index contributed by atoms with van der Waals surface area (Å²) >= 11 is 0. The van der Waals surface area contributed by atoms with Crippen molar-refractivity contribution in [2.24, 2.45) is 0 Å². The summed E-state index contributed by atoms with van der Waals surface area (Å²) < 4.78 is 16.3. The summed E-state index contributed by atoms with van der Waals surface area (Å²) in [7, 11) is 3.19. The summed E-state index contributed by atoms with van der Waals surface area (Å²) in [6.45, 7) is 0. The van der Waals surface area contributed by atoms with E-state index in [0.29, 0.717) is 28.8 Å². The number of methoxy groups -OCH3 is 2. The Bertz CT molecular complexity index is 1020. The zero-order valence-electron chi connectivity index (χ0n) is 13.8. The van der Waals surface area contributed by atoms with Gasteiger partial charge in [-0.15, -0.1) is 0 Å². The first-order valence-corrected chi connectivity index (χ1v) is 7.71. The third-order valence-electron chi connectivity index (χ3n) is 3.95. The van der Waals surface area contributed by atoms with Crippen LogP contribution in [0.15, 0.2) is 59.3 Å². The van der Waals surface area contributed by atoms with E-state index in [1.54, 1.807) is 20.4 Å². The van der Waals surface area contributed by atoms with Gasteiger partial charge in [-0.2, -0.15) is 4.98 Å². The van der Waals surface area contributed by atoms with Crippen molar-refractivity contribution in [2.75, 3.05) is 14.2 Å². The van der Waals surface area contributed by atoms with Crippen LogP contribution < -0.4 is 9.47 Å². The van der Waals surface area contributed by atoms with Crippen molar-refractivity contribution in [3.05, 3.63) is 54.7 Å².